The minimum atomic E-state index is 0.562. The molecular formula is C11H17N3S. The summed E-state index contributed by atoms with van der Waals surface area (Å²) in [6.07, 6.45) is 2.45. The number of hydrogen-bond donors (Lipinski definition) is 1. The normalized spacial score (nSPS) is 17.7. The van der Waals surface area contributed by atoms with Crippen LogP contribution in [0.25, 0.3) is 0 Å². The lowest BCUT2D eigenvalue weighted by Gasteiger charge is -2.22. The summed E-state index contributed by atoms with van der Waals surface area (Å²) >= 11 is 2.03. The largest absolute Gasteiger partial charge is 0.351 e. The monoisotopic (exact) mass is 223 g/mol. The van der Waals surface area contributed by atoms with E-state index in [-0.39, 0.29) is 0 Å². The maximum atomic E-state index is 4.40. The molecule has 0 aliphatic carbocycles. The second kappa shape index (κ2) is 4.84. The summed E-state index contributed by atoms with van der Waals surface area (Å²) in [4.78, 5) is 8.80. The van der Waals surface area contributed by atoms with Crippen LogP contribution in [-0.4, -0.2) is 27.5 Å². The first-order chi connectivity index (χ1) is 7.24. The summed E-state index contributed by atoms with van der Waals surface area (Å²) in [7, 11) is 0. The van der Waals surface area contributed by atoms with Crippen LogP contribution in [0.1, 0.15) is 24.2 Å². The number of aromatic nitrogens is 2. The van der Waals surface area contributed by atoms with Gasteiger partial charge in [0.1, 0.15) is 0 Å². The van der Waals surface area contributed by atoms with E-state index in [1.54, 1.807) is 0 Å². The minimum absolute atomic E-state index is 0.562. The van der Waals surface area contributed by atoms with Crippen LogP contribution in [0.15, 0.2) is 6.07 Å². The average Bonchev–Trinajstić information content (AvgIpc) is 2.17. The van der Waals surface area contributed by atoms with Crippen LogP contribution in [0, 0.1) is 13.8 Å². The van der Waals surface area contributed by atoms with Gasteiger partial charge in [0.2, 0.25) is 5.95 Å². The summed E-state index contributed by atoms with van der Waals surface area (Å²) in [5.74, 6) is 3.30. The van der Waals surface area contributed by atoms with Crippen LogP contribution in [0.4, 0.5) is 5.95 Å². The zero-order chi connectivity index (χ0) is 10.7. The van der Waals surface area contributed by atoms with Crippen molar-refractivity contribution in [3.8, 4) is 0 Å². The van der Waals surface area contributed by atoms with Crippen molar-refractivity contribution in [2.75, 3.05) is 16.8 Å². The fourth-order valence-electron chi connectivity index (χ4n) is 1.81. The van der Waals surface area contributed by atoms with E-state index < -0.39 is 0 Å². The van der Waals surface area contributed by atoms with E-state index in [0.717, 1.165) is 17.3 Å². The van der Waals surface area contributed by atoms with E-state index in [2.05, 4.69) is 15.3 Å². The molecule has 1 N–H and O–H groups in total. The third-order valence-electron chi connectivity index (χ3n) is 2.54. The third kappa shape index (κ3) is 3.09. The van der Waals surface area contributed by atoms with Gasteiger partial charge in [-0.25, -0.2) is 9.97 Å². The van der Waals surface area contributed by atoms with Gasteiger partial charge in [0, 0.05) is 17.4 Å². The van der Waals surface area contributed by atoms with Crippen LogP contribution < -0.4 is 5.32 Å². The zero-order valence-electron chi connectivity index (χ0n) is 9.29. The molecule has 15 heavy (non-hydrogen) atoms. The number of hydrogen-bond acceptors (Lipinski definition) is 4. The highest BCUT2D eigenvalue weighted by atomic mass is 32.2. The van der Waals surface area contributed by atoms with Gasteiger partial charge < -0.3 is 5.32 Å². The van der Waals surface area contributed by atoms with Gasteiger partial charge in [0.05, 0.1) is 0 Å². The Labute approximate surface area is 95.1 Å². The lowest BCUT2D eigenvalue weighted by atomic mass is 10.2. The van der Waals surface area contributed by atoms with Gasteiger partial charge in [-0.3, -0.25) is 0 Å². The van der Waals surface area contributed by atoms with Crippen molar-refractivity contribution in [2.24, 2.45) is 0 Å². The van der Waals surface area contributed by atoms with E-state index in [1.807, 2.05) is 31.7 Å². The molecule has 0 amide bonds. The molecule has 0 aromatic carbocycles. The van der Waals surface area contributed by atoms with E-state index in [1.165, 1.54) is 24.3 Å². The van der Waals surface area contributed by atoms with Gasteiger partial charge in [0.25, 0.3) is 0 Å². The molecule has 1 aliphatic heterocycles. The van der Waals surface area contributed by atoms with E-state index in [0.29, 0.717) is 6.04 Å². The summed E-state index contributed by atoms with van der Waals surface area (Å²) in [6, 6.07) is 2.56. The Hall–Kier alpha value is -0.770. The Morgan fingerprint density at radius 3 is 2.40 bits per heavy atom. The van der Waals surface area contributed by atoms with Gasteiger partial charge in [0.15, 0.2) is 0 Å². The summed E-state index contributed by atoms with van der Waals surface area (Å²) in [5, 5.41) is 3.43. The fourth-order valence-corrected chi connectivity index (χ4v) is 2.92. The van der Waals surface area contributed by atoms with Gasteiger partial charge in [-0.05, 0) is 44.3 Å². The molecule has 0 atom stereocenters. The van der Waals surface area contributed by atoms with Gasteiger partial charge >= 0.3 is 0 Å². The Morgan fingerprint density at radius 2 is 1.80 bits per heavy atom. The van der Waals surface area contributed by atoms with Crippen molar-refractivity contribution >= 4 is 17.7 Å². The lowest BCUT2D eigenvalue weighted by molar-refractivity contribution is 0.659. The second-order valence-corrected chi connectivity index (χ2v) is 5.23. The van der Waals surface area contributed by atoms with E-state index in [4.69, 9.17) is 0 Å². The molecule has 0 radical (unpaired) electrons. The number of nitrogens with zero attached hydrogens (tertiary/aromatic N) is 2. The molecule has 1 aromatic heterocycles. The first kappa shape index (κ1) is 10.7. The van der Waals surface area contributed by atoms with Crippen LogP contribution in [0.5, 0.6) is 0 Å². The van der Waals surface area contributed by atoms with Gasteiger partial charge in [-0.15, -0.1) is 0 Å². The zero-order valence-corrected chi connectivity index (χ0v) is 10.1. The minimum Gasteiger partial charge on any atom is -0.351 e. The average molecular weight is 223 g/mol. The standard InChI is InChI=1S/C11H17N3S/c1-8-7-9(2)13-11(12-8)14-10-3-5-15-6-4-10/h7,10H,3-6H2,1-2H3,(H,12,13,14). The van der Waals surface area contributed by atoms with E-state index >= 15 is 0 Å². The molecule has 1 aliphatic rings. The fraction of sp³-hybridized carbons (Fsp3) is 0.636. The molecule has 3 nitrogen and oxygen atoms in total. The Morgan fingerprint density at radius 1 is 1.20 bits per heavy atom. The number of thioether (sulfide) groups is 1. The predicted octanol–water partition coefficient (Wildman–Crippen LogP) is 2.40. The van der Waals surface area contributed by atoms with Crippen LogP contribution >= 0.6 is 11.8 Å². The molecule has 1 aromatic rings. The molecule has 2 heterocycles. The summed E-state index contributed by atoms with van der Waals surface area (Å²) in [5.41, 5.74) is 2.07. The number of nitrogens with one attached hydrogen (secondary N) is 1. The molecule has 2 rings (SSSR count). The summed E-state index contributed by atoms with van der Waals surface area (Å²) < 4.78 is 0. The SMILES string of the molecule is Cc1cc(C)nc(NC2CCSCC2)n1. The molecule has 1 fully saturated rings. The molecule has 0 spiro atoms. The van der Waals surface area contributed by atoms with Crippen molar-refractivity contribution in [2.45, 2.75) is 32.7 Å². The van der Waals surface area contributed by atoms with E-state index in [9.17, 15) is 0 Å². The van der Waals surface area contributed by atoms with Crippen molar-refractivity contribution in [1.82, 2.24) is 9.97 Å². The number of anilines is 1. The Kier molecular flexibility index (Phi) is 3.46. The number of rotatable bonds is 2. The number of aryl methyl sites for hydroxylation is 2. The highest BCUT2D eigenvalue weighted by Gasteiger charge is 2.14. The molecule has 82 valence electrons. The maximum absolute atomic E-state index is 4.40. The quantitative estimate of drug-likeness (QED) is 0.835. The smallest absolute Gasteiger partial charge is 0.223 e. The van der Waals surface area contributed by atoms with Crippen molar-refractivity contribution in [3.05, 3.63) is 17.5 Å². The first-order valence-corrected chi connectivity index (χ1v) is 6.56. The summed E-state index contributed by atoms with van der Waals surface area (Å²) in [6.45, 7) is 4.02. The second-order valence-electron chi connectivity index (χ2n) is 4.01. The molecular weight excluding hydrogens is 206 g/mol. The Bertz CT molecular complexity index is 314. The van der Waals surface area contributed by atoms with Crippen LogP contribution in [0.3, 0.4) is 0 Å². The Balaban J connectivity index is 2.02. The topological polar surface area (TPSA) is 37.8 Å². The lowest BCUT2D eigenvalue weighted by Crippen LogP contribution is -2.25. The van der Waals surface area contributed by atoms with Crippen molar-refractivity contribution in [1.29, 1.82) is 0 Å². The third-order valence-corrected chi connectivity index (χ3v) is 3.59. The first-order valence-electron chi connectivity index (χ1n) is 5.40. The van der Waals surface area contributed by atoms with Gasteiger partial charge in [-0.1, -0.05) is 0 Å². The van der Waals surface area contributed by atoms with Crippen LogP contribution in [0.2, 0.25) is 0 Å². The van der Waals surface area contributed by atoms with Crippen molar-refractivity contribution < 1.29 is 0 Å². The van der Waals surface area contributed by atoms with Crippen molar-refractivity contribution in [3.63, 3.8) is 0 Å². The predicted molar refractivity (Wildman–Crippen MR) is 65.5 cm³/mol. The van der Waals surface area contributed by atoms with Gasteiger partial charge in [-0.2, -0.15) is 11.8 Å². The highest BCUT2D eigenvalue weighted by molar-refractivity contribution is 7.99. The highest BCUT2D eigenvalue weighted by Crippen LogP contribution is 2.19. The molecule has 4 heteroatoms. The molecule has 1 saturated heterocycles. The van der Waals surface area contributed by atoms with Crippen LogP contribution in [-0.2, 0) is 0 Å². The maximum Gasteiger partial charge on any atom is 0.223 e. The molecule has 0 bridgehead atoms. The molecule has 0 saturated carbocycles. The molecule has 0 unspecified atom stereocenters.